The summed E-state index contributed by atoms with van der Waals surface area (Å²) < 4.78 is 17.1. The van der Waals surface area contributed by atoms with Gasteiger partial charge in [0.05, 0.1) is 6.61 Å². The van der Waals surface area contributed by atoms with Crippen LogP contribution in [0, 0.1) is 0 Å². The van der Waals surface area contributed by atoms with Crippen molar-refractivity contribution in [1.29, 1.82) is 0 Å². The van der Waals surface area contributed by atoms with Gasteiger partial charge in [-0.05, 0) is 48.9 Å². The van der Waals surface area contributed by atoms with Gasteiger partial charge in [0.2, 0.25) is 5.91 Å². The average molecular weight is 402 g/mol. The van der Waals surface area contributed by atoms with Crippen molar-refractivity contribution < 1.29 is 18.5 Å². The van der Waals surface area contributed by atoms with Crippen LogP contribution in [0.4, 0.5) is 5.69 Å². The Hall–Kier alpha value is -2.47. The maximum atomic E-state index is 12.3. The molecule has 2 aromatic rings. The third kappa shape index (κ3) is 7.27. The summed E-state index contributed by atoms with van der Waals surface area (Å²) in [7, 11) is -1.11. The summed E-state index contributed by atoms with van der Waals surface area (Å²) in [4.78, 5) is 25.0. The van der Waals surface area contributed by atoms with Gasteiger partial charge in [0, 0.05) is 46.0 Å². The molecule has 1 N–H and O–H groups in total. The highest BCUT2D eigenvalue weighted by Gasteiger charge is 2.10. The first kappa shape index (κ1) is 21.8. The molecule has 1 atom stereocenters. The van der Waals surface area contributed by atoms with E-state index in [0.717, 1.165) is 25.0 Å². The molecule has 28 heavy (non-hydrogen) atoms. The highest BCUT2D eigenvalue weighted by atomic mass is 32.2. The number of hydrogen-bond donors (Lipinski definition) is 1. The Kier molecular flexibility index (Phi) is 8.88. The molecule has 6 heteroatoms. The van der Waals surface area contributed by atoms with Crippen molar-refractivity contribution in [3.8, 4) is 5.75 Å². The Balaban J connectivity index is 1.80. The number of anilines is 1. The van der Waals surface area contributed by atoms with E-state index in [-0.39, 0.29) is 24.5 Å². The van der Waals surface area contributed by atoms with E-state index >= 15 is 0 Å². The van der Waals surface area contributed by atoms with Gasteiger partial charge in [-0.25, -0.2) is 0 Å². The Labute approximate surface area is 168 Å². The number of rotatable bonds is 11. The van der Waals surface area contributed by atoms with Gasteiger partial charge in [-0.3, -0.25) is 13.8 Å². The van der Waals surface area contributed by atoms with E-state index in [1.54, 1.807) is 54.8 Å². The number of ketones is 1. The molecule has 0 spiro atoms. The van der Waals surface area contributed by atoms with Crippen molar-refractivity contribution in [2.45, 2.75) is 43.9 Å². The Bertz CT molecular complexity index is 818. The van der Waals surface area contributed by atoms with Crippen molar-refractivity contribution in [1.82, 2.24) is 0 Å². The van der Waals surface area contributed by atoms with E-state index in [1.165, 1.54) is 0 Å². The Morgan fingerprint density at radius 2 is 1.79 bits per heavy atom. The summed E-state index contributed by atoms with van der Waals surface area (Å²) in [5, 5.41) is 2.74. The van der Waals surface area contributed by atoms with Crippen LogP contribution >= 0.6 is 0 Å². The van der Waals surface area contributed by atoms with Crippen molar-refractivity contribution in [3.63, 3.8) is 0 Å². The number of nitrogens with one attached hydrogen (secondary N) is 1. The molecule has 2 rings (SSSR count). The highest BCUT2D eigenvalue weighted by molar-refractivity contribution is 7.84. The lowest BCUT2D eigenvalue weighted by Gasteiger charge is -2.08. The maximum Gasteiger partial charge on any atom is 0.224 e. The lowest BCUT2D eigenvalue weighted by atomic mass is 10.1. The SMILES string of the molecule is CCCCCOc1ccc(C(=O)CCC(=O)Nc2cccc(S(C)=O)c2)cc1. The third-order valence-corrected chi connectivity index (χ3v) is 5.14. The Morgan fingerprint density at radius 1 is 1.04 bits per heavy atom. The number of Topliss-reactive ketones (excluding diaryl/α,β-unsaturated/α-hetero) is 1. The Morgan fingerprint density at radius 3 is 2.46 bits per heavy atom. The number of carbonyl (C=O) groups is 2. The van der Waals surface area contributed by atoms with Crippen LogP contribution in [-0.2, 0) is 15.6 Å². The van der Waals surface area contributed by atoms with Gasteiger partial charge in [-0.2, -0.15) is 0 Å². The van der Waals surface area contributed by atoms with Gasteiger partial charge in [-0.15, -0.1) is 0 Å². The standard InChI is InChI=1S/C22H27NO4S/c1-3-4-5-15-27-19-11-9-17(10-12-19)21(24)13-14-22(25)23-18-7-6-8-20(16-18)28(2)26/h6-12,16H,3-5,13-15H2,1-2H3,(H,23,25). The van der Waals surface area contributed by atoms with E-state index in [1.807, 2.05) is 0 Å². The molecule has 0 aliphatic carbocycles. The first-order chi connectivity index (χ1) is 13.5. The molecule has 0 aliphatic rings. The second-order valence-electron chi connectivity index (χ2n) is 6.53. The van der Waals surface area contributed by atoms with E-state index < -0.39 is 10.8 Å². The summed E-state index contributed by atoms with van der Waals surface area (Å²) in [5.74, 6) is 0.415. The highest BCUT2D eigenvalue weighted by Crippen LogP contribution is 2.16. The maximum absolute atomic E-state index is 12.3. The van der Waals surface area contributed by atoms with E-state index in [4.69, 9.17) is 4.74 Å². The molecule has 150 valence electrons. The average Bonchev–Trinajstić information content (AvgIpc) is 2.70. The summed E-state index contributed by atoms with van der Waals surface area (Å²) in [5.41, 5.74) is 1.15. The van der Waals surface area contributed by atoms with Gasteiger partial charge in [0.15, 0.2) is 5.78 Å². The minimum Gasteiger partial charge on any atom is -0.494 e. The number of benzene rings is 2. The summed E-state index contributed by atoms with van der Waals surface area (Å²) in [6.07, 6.45) is 5.10. The van der Waals surface area contributed by atoms with E-state index in [2.05, 4.69) is 12.2 Å². The van der Waals surface area contributed by atoms with Crippen LogP contribution < -0.4 is 10.1 Å². The normalized spacial score (nSPS) is 11.6. The lowest BCUT2D eigenvalue weighted by Crippen LogP contribution is -2.13. The summed E-state index contributed by atoms with van der Waals surface area (Å²) in [6, 6.07) is 13.9. The van der Waals surface area contributed by atoms with Crippen molar-refractivity contribution in [2.75, 3.05) is 18.2 Å². The predicted molar refractivity (Wildman–Crippen MR) is 112 cm³/mol. The lowest BCUT2D eigenvalue weighted by molar-refractivity contribution is -0.116. The molecular formula is C22H27NO4S. The van der Waals surface area contributed by atoms with Crippen LogP contribution in [-0.4, -0.2) is 28.8 Å². The molecule has 0 aromatic heterocycles. The molecule has 0 saturated carbocycles. The van der Waals surface area contributed by atoms with Crippen molar-refractivity contribution >= 4 is 28.2 Å². The molecule has 0 saturated heterocycles. The van der Waals surface area contributed by atoms with Crippen molar-refractivity contribution in [3.05, 3.63) is 54.1 Å². The molecule has 2 aromatic carbocycles. The molecular weight excluding hydrogens is 374 g/mol. The summed E-state index contributed by atoms with van der Waals surface area (Å²) >= 11 is 0. The van der Waals surface area contributed by atoms with E-state index in [0.29, 0.717) is 22.8 Å². The smallest absolute Gasteiger partial charge is 0.224 e. The predicted octanol–water partition coefficient (Wildman–Crippen LogP) is 4.59. The van der Waals surface area contributed by atoms with Gasteiger partial charge in [-0.1, -0.05) is 25.8 Å². The van der Waals surface area contributed by atoms with Gasteiger partial charge in [0.25, 0.3) is 0 Å². The number of hydrogen-bond acceptors (Lipinski definition) is 4. The second-order valence-corrected chi connectivity index (χ2v) is 7.91. The van der Waals surface area contributed by atoms with Crippen LogP contribution in [0.1, 0.15) is 49.4 Å². The monoisotopic (exact) mass is 401 g/mol. The third-order valence-electron chi connectivity index (χ3n) is 4.22. The van der Waals surface area contributed by atoms with Crippen molar-refractivity contribution in [2.24, 2.45) is 0 Å². The van der Waals surface area contributed by atoms with Crippen LogP contribution in [0.2, 0.25) is 0 Å². The fourth-order valence-electron chi connectivity index (χ4n) is 2.63. The zero-order valence-electron chi connectivity index (χ0n) is 16.4. The molecule has 1 amide bonds. The minimum absolute atomic E-state index is 0.0869. The largest absolute Gasteiger partial charge is 0.494 e. The number of carbonyl (C=O) groups excluding carboxylic acids is 2. The zero-order valence-corrected chi connectivity index (χ0v) is 17.2. The summed E-state index contributed by atoms with van der Waals surface area (Å²) in [6.45, 7) is 2.82. The zero-order chi connectivity index (χ0) is 20.4. The molecule has 0 heterocycles. The second kappa shape index (κ2) is 11.4. The molecule has 0 fully saturated rings. The first-order valence-electron chi connectivity index (χ1n) is 9.49. The molecule has 0 radical (unpaired) electrons. The fourth-order valence-corrected chi connectivity index (χ4v) is 3.19. The van der Waals surface area contributed by atoms with E-state index in [9.17, 15) is 13.8 Å². The fraction of sp³-hybridized carbons (Fsp3) is 0.364. The quantitative estimate of drug-likeness (QED) is 0.441. The molecule has 5 nitrogen and oxygen atoms in total. The van der Waals surface area contributed by atoms with Crippen LogP contribution in [0.5, 0.6) is 5.75 Å². The van der Waals surface area contributed by atoms with Gasteiger partial charge < -0.3 is 10.1 Å². The molecule has 0 aliphatic heterocycles. The van der Waals surface area contributed by atoms with Crippen LogP contribution in [0.15, 0.2) is 53.4 Å². The number of amides is 1. The molecule has 0 bridgehead atoms. The molecule has 1 unspecified atom stereocenters. The number of unbranched alkanes of at least 4 members (excludes halogenated alkanes) is 2. The number of ether oxygens (including phenoxy) is 1. The minimum atomic E-state index is -1.11. The van der Waals surface area contributed by atoms with Gasteiger partial charge >= 0.3 is 0 Å². The van der Waals surface area contributed by atoms with Crippen LogP contribution in [0.3, 0.4) is 0 Å². The first-order valence-corrected chi connectivity index (χ1v) is 11.0. The van der Waals surface area contributed by atoms with Gasteiger partial charge in [0.1, 0.15) is 5.75 Å². The van der Waals surface area contributed by atoms with Crippen LogP contribution in [0.25, 0.3) is 0 Å². The topological polar surface area (TPSA) is 72.5 Å².